The van der Waals surface area contributed by atoms with E-state index in [0.29, 0.717) is 37.1 Å². The Bertz CT molecular complexity index is 771. The predicted molar refractivity (Wildman–Crippen MR) is 99.3 cm³/mol. The van der Waals surface area contributed by atoms with E-state index in [1.807, 2.05) is 12.1 Å². The highest BCUT2D eigenvalue weighted by atomic mass is 16.5. The zero-order valence-electron chi connectivity index (χ0n) is 14.9. The third-order valence-electron chi connectivity index (χ3n) is 5.08. The number of rotatable bonds is 6. The average molecular weight is 352 g/mol. The second kappa shape index (κ2) is 7.54. The number of ether oxygens (including phenoxy) is 1. The van der Waals surface area contributed by atoms with Gasteiger partial charge in [0.1, 0.15) is 11.6 Å². The van der Waals surface area contributed by atoms with Crippen LogP contribution in [0.3, 0.4) is 0 Å². The third-order valence-corrected chi connectivity index (χ3v) is 5.08. The van der Waals surface area contributed by atoms with Crippen LogP contribution in [0.4, 0.5) is 0 Å². The summed E-state index contributed by atoms with van der Waals surface area (Å²) in [7, 11) is 0. The van der Waals surface area contributed by atoms with Gasteiger partial charge in [-0.05, 0) is 29.9 Å². The zero-order valence-corrected chi connectivity index (χ0v) is 14.9. The van der Waals surface area contributed by atoms with Crippen LogP contribution in [0, 0.1) is 0 Å². The standard InChI is InChI=1S/C21H24N2O3/c24-19(11-15-2-1-3-17(10-15)16-4-5-16)12-18-13-20(25)14-21(22-18)23-6-8-26-9-7-23/h1-3,10,14,16H,4-9,11-13H2. The minimum Gasteiger partial charge on any atom is -0.378 e. The number of Topliss-reactive ketones (excluding diaryl/α,β-unsaturated/α-hetero) is 1. The molecule has 3 aliphatic rings. The Hall–Kier alpha value is -2.27. The maximum Gasteiger partial charge on any atom is 0.164 e. The van der Waals surface area contributed by atoms with Crippen molar-refractivity contribution in [3.8, 4) is 0 Å². The highest BCUT2D eigenvalue weighted by Crippen LogP contribution is 2.40. The van der Waals surface area contributed by atoms with Crippen molar-refractivity contribution in [3.63, 3.8) is 0 Å². The van der Waals surface area contributed by atoms with E-state index in [9.17, 15) is 9.59 Å². The van der Waals surface area contributed by atoms with E-state index in [1.165, 1.54) is 18.4 Å². The third kappa shape index (κ3) is 4.28. The molecule has 0 N–H and O–H groups in total. The number of benzene rings is 1. The van der Waals surface area contributed by atoms with Crippen LogP contribution in [-0.2, 0) is 20.7 Å². The summed E-state index contributed by atoms with van der Waals surface area (Å²) in [5.74, 6) is 1.52. The quantitative estimate of drug-likeness (QED) is 0.790. The van der Waals surface area contributed by atoms with Crippen LogP contribution in [0.15, 0.2) is 41.2 Å². The number of allylic oxidation sites excluding steroid dienone is 1. The predicted octanol–water partition coefficient (Wildman–Crippen LogP) is 2.65. The lowest BCUT2D eigenvalue weighted by atomic mass is 9.99. The molecule has 2 heterocycles. The van der Waals surface area contributed by atoms with E-state index in [1.54, 1.807) is 6.08 Å². The highest BCUT2D eigenvalue weighted by Gasteiger charge is 2.24. The summed E-state index contributed by atoms with van der Waals surface area (Å²) < 4.78 is 5.35. The molecule has 5 nitrogen and oxygen atoms in total. The molecule has 1 saturated heterocycles. The fraction of sp³-hybridized carbons (Fsp3) is 0.476. The molecule has 0 atom stereocenters. The van der Waals surface area contributed by atoms with E-state index >= 15 is 0 Å². The molecule has 2 aliphatic heterocycles. The summed E-state index contributed by atoms with van der Waals surface area (Å²) >= 11 is 0. The van der Waals surface area contributed by atoms with E-state index in [4.69, 9.17) is 4.74 Å². The first-order valence-corrected chi connectivity index (χ1v) is 9.41. The van der Waals surface area contributed by atoms with Crippen molar-refractivity contribution >= 4 is 17.3 Å². The van der Waals surface area contributed by atoms with Crippen LogP contribution in [0.1, 0.15) is 42.7 Å². The van der Waals surface area contributed by atoms with Crippen molar-refractivity contribution < 1.29 is 14.3 Å². The molecule has 0 aromatic heterocycles. The molecular weight excluding hydrogens is 328 g/mol. The molecule has 5 heteroatoms. The lowest BCUT2D eigenvalue weighted by molar-refractivity contribution is -0.117. The first-order valence-electron chi connectivity index (χ1n) is 9.41. The van der Waals surface area contributed by atoms with Gasteiger partial charge in [0.25, 0.3) is 0 Å². The lowest BCUT2D eigenvalue weighted by Gasteiger charge is -2.30. The molecule has 1 aromatic carbocycles. The Morgan fingerprint density at radius 3 is 2.77 bits per heavy atom. The first-order chi connectivity index (χ1) is 12.7. The van der Waals surface area contributed by atoms with Crippen LogP contribution in [-0.4, -0.2) is 48.5 Å². The average Bonchev–Trinajstić information content (AvgIpc) is 3.47. The Morgan fingerprint density at radius 2 is 2.00 bits per heavy atom. The summed E-state index contributed by atoms with van der Waals surface area (Å²) in [4.78, 5) is 31.2. The summed E-state index contributed by atoms with van der Waals surface area (Å²) in [6.45, 7) is 2.76. The lowest BCUT2D eigenvalue weighted by Crippen LogP contribution is -2.36. The first kappa shape index (κ1) is 17.2. The Balaban J connectivity index is 1.40. The fourth-order valence-electron chi connectivity index (χ4n) is 3.58. The van der Waals surface area contributed by atoms with Gasteiger partial charge in [-0.25, -0.2) is 4.99 Å². The van der Waals surface area contributed by atoms with Gasteiger partial charge in [-0.2, -0.15) is 0 Å². The number of hydrogen-bond donors (Lipinski definition) is 0. The fourth-order valence-corrected chi connectivity index (χ4v) is 3.58. The minimum atomic E-state index is 0.0278. The normalized spacial score (nSPS) is 20.6. The van der Waals surface area contributed by atoms with Crippen LogP contribution >= 0.6 is 0 Å². The van der Waals surface area contributed by atoms with Crippen molar-refractivity contribution in [1.82, 2.24) is 4.90 Å². The van der Waals surface area contributed by atoms with Crippen molar-refractivity contribution in [2.75, 3.05) is 26.3 Å². The number of aliphatic imine (C=N–C) groups is 1. The molecule has 4 rings (SSSR count). The summed E-state index contributed by atoms with van der Waals surface area (Å²) in [6, 6.07) is 8.35. The molecule has 1 aromatic rings. The molecule has 136 valence electrons. The number of nitrogens with zero attached hydrogens (tertiary/aromatic N) is 2. The number of morpholine rings is 1. The largest absolute Gasteiger partial charge is 0.378 e. The van der Waals surface area contributed by atoms with Gasteiger partial charge in [-0.3, -0.25) is 9.59 Å². The van der Waals surface area contributed by atoms with Gasteiger partial charge in [0.2, 0.25) is 0 Å². The summed E-state index contributed by atoms with van der Waals surface area (Å²) in [6.07, 6.45) is 5.02. The summed E-state index contributed by atoms with van der Waals surface area (Å²) in [5.41, 5.74) is 3.09. The topological polar surface area (TPSA) is 59.0 Å². The van der Waals surface area contributed by atoms with Crippen LogP contribution in [0.2, 0.25) is 0 Å². The highest BCUT2D eigenvalue weighted by molar-refractivity contribution is 6.14. The molecule has 26 heavy (non-hydrogen) atoms. The van der Waals surface area contributed by atoms with Crippen LogP contribution in [0.25, 0.3) is 0 Å². The molecule has 0 bridgehead atoms. The van der Waals surface area contributed by atoms with Gasteiger partial charge in [0.05, 0.1) is 13.2 Å². The van der Waals surface area contributed by atoms with Gasteiger partial charge in [0.15, 0.2) is 5.78 Å². The van der Waals surface area contributed by atoms with Crippen molar-refractivity contribution in [1.29, 1.82) is 0 Å². The van der Waals surface area contributed by atoms with Gasteiger partial charge < -0.3 is 9.64 Å². The van der Waals surface area contributed by atoms with Gasteiger partial charge in [0, 0.05) is 44.1 Å². The molecule has 0 spiro atoms. The SMILES string of the molecule is O=C1C=C(N2CCOCC2)N=C(CC(=O)Cc2cccc(C3CC3)c2)C1. The minimum absolute atomic E-state index is 0.0278. The van der Waals surface area contributed by atoms with Crippen molar-refractivity contribution in [3.05, 3.63) is 47.3 Å². The van der Waals surface area contributed by atoms with Crippen molar-refractivity contribution in [2.24, 2.45) is 4.99 Å². The Kier molecular flexibility index (Phi) is 4.98. The Morgan fingerprint density at radius 1 is 1.19 bits per heavy atom. The summed E-state index contributed by atoms with van der Waals surface area (Å²) in [5, 5.41) is 0. The number of carbonyl (C=O) groups is 2. The molecule has 1 aliphatic carbocycles. The molecular formula is C21H24N2O3. The monoisotopic (exact) mass is 352 g/mol. The van der Waals surface area contributed by atoms with E-state index in [0.717, 1.165) is 18.7 Å². The second-order valence-corrected chi connectivity index (χ2v) is 7.33. The van der Waals surface area contributed by atoms with E-state index in [2.05, 4.69) is 22.0 Å². The Labute approximate surface area is 153 Å². The zero-order chi connectivity index (χ0) is 17.9. The molecule has 0 unspecified atom stereocenters. The molecule has 2 fully saturated rings. The maximum atomic E-state index is 12.5. The molecule has 0 radical (unpaired) electrons. The van der Waals surface area contributed by atoms with Crippen LogP contribution in [0.5, 0.6) is 0 Å². The molecule has 1 saturated carbocycles. The van der Waals surface area contributed by atoms with Crippen LogP contribution < -0.4 is 0 Å². The second-order valence-electron chi connectivity index (χ2n) is 7.33. The van der Waals surface area contributed by atoms with Gasteiger partial charge >= 0.3 is 0 Å². The van der Waals surface area contributed by atoms with Gasteiger partial charge in [-0.15, -0.1) is 0 Å². The maximum absolute atomic E-state index is 12.5. The van der Waals surface area contributed by atoms with Crippen molar-refractivity contribution in [2.45, 2.75) is 38.0 Å². The smallest absolute Gasteiger partial charge is 0.164 e. The van der Waals surface area contributed by atoms with E-state index in [-0.39, 0.29) is 24.4 Å². The van der Waals surface area contributed by atoms with E-state index < -0.39 is 0 Å². The van der Waals surface area contributed by atoms with Gasteiger partial charge in [-0.1, -0.05) is 24.3 Å². The number of hydrogen-bond acceptors (Lipinski definition) is 5. The molecule has 0 amide bonds. The number of carbonyl (C=O) groups excluding carboxylic acids is 2. The number of ketones is 2.